The number of benzene rings is 1. The van der Waals surface area contributed by atoms with Crippen molar-refractivity contribution in [2.24, 2.45) is 0 Å². The summed E-state index contributed by atoms with van der Waals surface area (Å²) >= 11 is 6.05. The lowest BCUT2D eigenvalue weighted by Crippen LogP contribution is -2.51. The summed E-state index contributed by atoms with van der Waals surface area (Å²) in [4.78, 5) is 25.0. The molecule has 0 bridgehead atoms. The number of carbonyl (C=O) groups is 1. The van der Waals surface area contributed by atoms with Crippen LogP contribution in [0.2, 0.25) is 5.02 Å². The number of urea groups is 1. The van der Waals surface area contributed by atoms with E-state index in [1.54, 1.807) is 23.5 Å². The number of carbonyl (C=O) groups excluding carboxylic acids is 1. The number of likely N-dealkylation sites (N-methyl/N-ethyl adjacent to an activating group) is 1. The van der Waals surface area contributed by atoms with Crippen LogP contribution in [-0.2, 0) is 6.54 Å². The first-order valence-corrected chi connectivity index (χ1v) is 9.19. The summed E-state index contributed by atoms with van der Waals surface area (Å²) in [6, 6.07) is 5.88. The molecule has 1 aromatic heterocycles. The quantitative estimate of drug-likeness (QED) is 0.893. The number of rotatable bonds is 4. The lowest BCUT2D eigenvalue weighted by molar-refractivity contribution is 0.182. The Balaban J connectivity index is 1.56. The Kier molecular flexibility index (Phi) is 5.93. The average Bonchev–Trinajstić information content (AvgIpc) is 2.69. The lowest BCUT2D eigenvalue weighted by atomic mass is 10.0. The Hall–Kier alpha value is -2.34. The number of aryl methyl sites for hydroxylation is 1. The zero-order valence-corrected chi connectivity index (χ0v) is 15.9. The van der Waals surface area contributed by atoms with Crippen molar-refractivity contribution in [1.29, 1.82) is 0 Å². The van der Waals surface area contributed by atoms with E-state index in [9.17, 15) is 4.79 Å². The van der Waals surface area contributed by atoms with Gasteiger partial charge >= 0.3 is 6.03 Å². The van der Waals surface area contributed by atoms with Crippen LogP contribution in [0.15, 0.2) is 36.8 Å². The summed E-state index contributed by atoms with van der Waals surface area (Å²) in [6.45, 7) is 4.15. The van der Waals surface area contributed by atoms with Gasteiger partial charge in [-0.05, 0) is 37.0 Å². The van der Waals surface area contributed by atoms with E-state index in [-0.39, 0.29) is 12.1 Å². The third-order valence-corrected chi connectivity index (χ3v) is 5.23. The van der Waals surface area contributed by atoms with E-state index in [0.29, 0.717) is 6.54 Å². The number of hydrogen-bond acceptors (Lipinski definition) is 4. The molecule has 0 unspecified atom stereocenters. The summed E-state index contributed by atoms with van der Waals surface area (Å²) < 4.78 is 0. The molecule has 2 aromatic rings. The van der Waals surface area contributed by atoms with Crippen LogP contribution in [0.25, 0.3) is 0 Å². The summed E-state index contributed by atoms with van der Waals surface area (Å²) in [5, 5.41) is 3.73. The molecule has 0 aliphatic carbocycles. The molecule has 3 rings (SSSR count). The Morgan fingerprint density at radius 1 is 1.42 bits per heavy atom. The van der Waals surface area contributed by atoms with Gasteiger partial charge in [-0.2, -0.15) is 0 Å². The van der Waals surface area contributed by atoms with Gasteiger partial charge in [0, 0.05) is 44.1 Å². The number of nitrogens with one attached hydrogen (secondary N) is 1. The molecule has 0 spiro atoms. The van der Waals surface area contributed by atoms with E-state index in [1.165, 1.54) is 0 Å². The first kappa shape index (κ1) is 18.5. The second kappa shape index (κ2) is 8.36. The van der Waals surface area contributed by atoms with E-state index in [0.717, 1.165) is 47.9 Å². The minimum atomic E-state index is -0.0661. The SMILES string of the molecule is Cc1cc(CNC(=O)N(C)[C@@H]2CCCN(c3cnccn3)C2)ccc1Cl. The topological polar surface area (TPSA) is 61.4 Å². The summed E-state index contributed by atoms with van der Waals surface area (Å²) in [6.07, 6.45) is 7.15. The van der Waals surface area contributed by atoms with E-state index < -0.39 is 0 Å². The highest BCUT2D eigenvalue weighted by molar-refractivity contribution is 6.31. The predicted molar refractivity (Wildman–Crippen MR) is 103 cm³/mol. The molecule has 6 nitrogen and oxygen atoms in total. The van der Waals surface area contributed by atoms with Crippen LogP contribution in [0.3, 0.4) is 0 Å². The Morgan fingerprint density at radius 3 is 3.00 bits per heavy atom. The minimum absolute atomic E-state index is 0.0661. The van der Waals surface area contributed by atoms with E-state index in [4.69, 9.17) is 11.6 Å². The fraction of sp³-hybridized carbons (Fsp3) is 0.421. The van der Waals surface area contributed by atoms with Crippen molar-refractivity contribution in [2.45, 2.75) is 32.4 Å². The fourth-order valence-electron chi connectivity index (χ4n) is 3.22. The molecule has 1 aromatic carbocycles. The van der Waals surface area contributed by atoms with Gasteiger partial charge in [-0.15, -0.1) is 0 Å². The molecule has 26 heavy (non-hydrogen) atoms. The number of piperidine rings is 1. The van der Waals surface area contributed by atoms with Crippen molar-refractivity contribution in [3.63, 3.8) is 0 Å². The third-order valence-electron chi connectivity index (χ3n) is 4.80. The van der Waals surface area contributed by atoms with Crippen LogP contribution in [0, 0.1) is 6.92 Å². The van der Waals surface area contributed by atoms with Gasteiger partial charge in [0.15, 0.2) is 0 Å². The van der Waals surface area contributed by atoms with Crippen molar-refractivity contribution in [3.05, 3.63) is 52.9 Å². The van der Waals surface area contributed by atoms with Gasteiger partial charge in [0.2, 0.25) is 0 Å². The Labute approximate surface area is 159 Å². The molecular weight excluding hydrogens is 350 g/mol. The van der Waals surface area contributed by atoms with Gasteiger partial charge in [0.1, 0.15) is 5.82 Å². The molecule has 7 heteroatoms. The van der Waals surface area contributed by atoms with Crippen molar-refractivity contribution in [3.8, 4) is 0 Å². The van der Waals surface area contributed by atoms with Crippen LogP contribution in [0.5, 0.6) is 0 Å². The first-order valence-electron chi connectivity index (χ1n) is 8.81. The molecule has 2 amide bonds. The molecule has 1 aliphatic heterocycles. The van der Waals surface area contributed by atoms with Gasteiger partial charge in [-0.3, -0.25) is 4.98 Å². The summed E-state index contributed by atoms with van der Waals surface area (Å²) in [5.74, 6) is 0.864. The number of nitrogens with zero attached hydrogens (tertiary/aromatic N) is 4. The second-order valence-corrected chi connectivity index (χ2v) is 7.07. The zero-order valence-electron chi connectivity index (χ0n) is 15.2. The van der Waals surface area contributed by atoms with Crippen molar-refractivity contribution >= 4 is 23.4 Å². The van der Waals surface area contributed by atoms with Crippen LogP contribution in [-0.4, -0.2) is 47.1 Å². The highest BCUT2D eigenvalue weighted by Gasteiger charge is 2.26. The first-order chi connectivity index (χ1) is 12.5. The molecule has 0 radical (unpaired) electrons. The third kappa shape index (κ3) is 4.43. The number of amides is 2. The standard InChI is InChI=1S/C19H24ClN5O/c1-14-10-15(5-6-17(14)20)11-23-19(26)24(2)16-4-3-9-25(13-16)18-12-21-7-8-22-18/h5-8,10,12,16H,3-4,9,11,13H2,1-2H3,(H,23,26)/t16-/m1/s1. The number of halogens is 1. The summed E-state index contributed by atoms with van der Waals surface area (Å²) in [5.41, 5.74) is 2.05. The van der Waals surface area contributed by atoms with Crippen molar-refractivity contribution in [2.75, 3.05) is 25.0 Å². The van der Waals surface area contributed by atoms with Crippen LogP contribution in [0.4, 0.5) is 10.6 Å². The normalized spacial score (nSPS) is 17.0. The monoisotopic (exact) mass is 373 g/mol. The molecule has 1 fully saturated rings. The average molecular weight is 374 g/mol. The summed E-state index contributed by atoms with van der Waals surface area (Å²) in [7, 11) is 1.85. The van der Waals surface area contributed by atoms with Gasteiger partial charge < -0.3 is 15.1 Å². The second-order valence-electron chi connectivity index (χ2n) is 6.66. The smallest absolute Gasteiger partial charge is 0.317 e. The maximum Gasteiger partial charge on any atom is 0.317 e. The van der Waals surface area contributed by atoms with Crippen LogP contribution < -0.4 is 10.2 Å². The van der Waals surface area contributed by atoms with Crippen LogP contribution in [0.1, 0.15) is 24.0 Å². The largest absolute Gasteiger partial charge is 0.353 e. The molecular formula is C19H24ClN5O. The van der Waals surface area contributed by atoms with Gasteiger partial charge in [0.25, 0.3) is 0 Å². The van der Waals surface area contributed by atoms with Crippen molar-refractivity contribution in [1.82, 2.24) is 20.2 Å². The minimum Gasteiger partial charge on any atom is -0.353 e. The maximum absolute atomic E-state index is 12.6. The van der Waals surface area contributed by atoms with E-state index in [1.807, 2.05) is 32.2 Å². The number of aromatic nitrogens is 2. The lowest BCUT2D eigenvalue weighted by Gasteiger charge is -2.38. The molecule has 1 N–H and O–H groups in total. The molecule has 1 aliphatic rings. The van der Waals surface area contributed by atoms with Crippen LogP contribution >= 0.6 is 11.6 Å². The van der Waals surface area contributed by atoms with Gasteiger partial charge in [0.05, 0.1) is 12.2 Å². The highest BCUT2D eigenvalue weighted by atomic mass is 35.5. The predicted octanol–water partition coefficient (Wildman–Crippen LogP) is 3.25. The van der Waals surface area contributed by atoms with E-state index >= 15 is 0 Å². The number of anilines is 1. The molecule has 138 valence electrons. The molecule has 1 atom stereocenters. The Bertz CT molecular complexity index is 755. The zero-order chi connectivity index (χ0) is 18.5. The molecule has 1 saturated heterocycles. The van der Waals surface area contributed by atoms with E-state index in [2.05, 4.69) is 20.2 Å². The Morgan fingerprint density at radius 2 is 2.27 bits per heavy atom. The van der Waals surface area contributed by atoms with Gasteiger partial charge in [-0.1, -0.05) is 23.7 Å². The van der Waals surface area contributed by atoms with Crippen molar-refractivity contribution < 1.29 is 4.79 Å². The number of hydrogen-bond donors (Lipinski definition) is 1. The maximum atomic E-state index is 12.6. The fourth-order valence-corrected chi connectivity index (χ4v) is 3.34. The molecule has 0 saturated carbocycles. The van der Waals surface area contributed by atoms with Gasteiger partial charge in [-0.25, -0.2) is 9.78 Å². The highest BCUT2D eigenvalue weighted by Crippen LogP contribution is 2.20. The molecule has 2 heterocycles.